The molecule has 0 bridgehead atoms. The number of nitrogens with zero attached hydrogens (tertiary/aromatic N) is 7. The van der Waals surface area contributed by atoms with Crippen molar-refractivity contribution in [3.63, 3.8) is 0 Å². The van der Waals surface area contributed by atoms with Crippen LogP contribution in [0.4, 0.5) is 15.8 Å². The molecule has 1 aliphatic rings. The fourth-order valence-electron chi connectivity index (χ4n) is 4.46. The number of halogens is 2. The number of anilines is 2. The van der Waals surface area contributed by atoms with Gasteiger partial charge in [0.15, 0.2) is 5.69 Å². The third kappa shape index (κ3) is 5.34. The van der Waals surface area contributed by atoms with Crippen molar-refractivity contribution < 1.29 is 4.39 Å². The highest BCUT2D eigenvalue weighted by molar-refractivity contribution is 6.35. The van der Waals surface area contributed by atoms with Crippen LogP contribution in [0, 0.1) is 40.9 Å². The topological polar surface area (TPSA) is 128 Å². The van der Waals surface area contributed by atoms with Crippen LogP contribution in [0.2, 0.25) is 5.02 Å². The number of aryl methyl sites for hydroxylation is 1. The molecule has 1 saturated carbocycles. The predicted octanol–water partition coefficient (Wildman–Crippen LogP) is 6.06. The number of nitrogens with one attached hydrogen (secondary N) is 2. The molecule has 1 atom stereocenters. The number of hydrogen-bond donors (Lipinski definition) is 2. The molecule has 5 rings (SSSR count). The van der Waals surface area contributed by atoms with E-state index in [1.807, 2.05) is 6.07 Å². The van der Waals surface area contributed by atoms with Gasteiger partial charge in [-0.1, -0.05) is 43.7 Å². The van der Waals surface area contributed by atoms with Crippen molar-refractivity contribution in [2.75, 3.05) is 17.2 Å². The summed E-state index contributed by atoms with van der Waals surface area (Å²) in [5.74, 6) is -0.601. The summed E-state index contributed by atoms with van der Waals surface area (Å²) in [6.45, 7) is 8.62. The number of rotatable bonds is 7. The number of pyridine rings is 2. The lowest BCUT2D eigenvalue weighted by Crippen LogP contribution is -2.20. The van der Waals surface area contributed by atoms with Crippen molar-refractivity contribution in [1.82, 2.24) is 25.0 Å². The van der Waals surface area contributed by atoms with E-state index in [1.54, 1.807) is 23.7 Å². The summed E-state index contributed by atoms with van der Waals surface area (Å²) in [6.07, 6.45) is 3.38. The van der Waals surface area contributed by atoms with Crippen LogP contribution < -0.4 is 10.6 Å². The molecule has 0 radical (unpaired) electrons. The molecule has 198 valence electrons. The first-order valence-corrected chi connectivity index (χ1v) is 13.0. The number of nitriles is 2. The summed E-state index contributed by atoms with van der Waals surface area (Å²) in [6, 6.07) is 10.4. The van der Waals surface area contributed by atoms with E-state index in [-0.39, 0.29) is 11.5 Å². The van der Waals surface area contributed by atoms with Crippen molar-refractivity contribution in [2.24, 2.45) is 5.41 Å². The van der Waals surface area contributed by atoms with Crippen LogP contribution in [0.3, 0.4) is 0 Å². The van der Waals surface area contributed by atoms with Crippen LogP contribution in [-0.4, -0.2) is 31.5 Å². The Hall–Kier alpha value is -4.28. The van der Waals surface area contributed by atoms with Gasteiger partial charge in [-0.2, -0.15) is 14.9 Å². The van der Waals surface area contributed by atoms with E-state index in [1.165, 1.54) is 12.3 Å². The lowest BCUT2D eigenvalue weighted by atomic mass is 9.96. The minimum absolute atomic E-state index is 0.0404. The molecule has 1 aromatic carbocycles. The van der Waals surface area contributed by atoms with Gasteiger partial charge in [-0.25, -0.2) is 9.67 Å². The maximum absolute atomic E-state index is 13.9. The maximum Gasteiger partial charge on any atom is 0.213 e. The van der Waals surface area contributed by atoms with E-state index < -0.39 is 12.0 Å². The zero-order chi connectivity index (χ0) is 27.9. The third-order valence-electron chi connectivity index (χ3n) is 6.55. The van der Waals surface area contributed by atoms with E-state index in [2.05, 4.69) is 63.8 Å². The number of benzene rings is 1. The van der Waals surface area contributed by atoms with Crippen molar-refractivity contribution in [2.45, 2.75) is 52.6 Å². The Morgan fingerprint density at radius 2 is 1.97 bits per heavy atom. The second-order valence-corrected chi connectivity index (χ2v) is 11.3. The fourth-order valence-corrected chi connectivity index (χ4v) is 4.73. The first-order valence-electron chi connectivity index (χ1n) is 12.6. The summed E-state index contributed by atoms with van der Waals surface area (Å²) in [5, 5.41) is 36.3. The largest absolute Gasteiger partial charge is 0.383 e. The molecule has 0 aliphatic heterocycles. The molecule has 4 aromatic rings. The molecule has 1 aliphatic carbocycles. The molecule has 0 saturated heterocycles. The second-order valence-electron chi connectivity index (χ2n) is 10.9. The summed E-state index contributed by atoms with van der Waals surface area (Å²) in [7, 11) is 0. The molecule has 0 spiro atoms. The summed E-state index contributed by atoms with van der Waals surface area (Å²) in [4.78, 5) is 8.43. The molecule has 3 heterocycles. The summed E-state index contributed by atoms with van der Waals surface area (Å²) >= 11 is 6.70. The highest BCUT2D eigenvalue weighted by atomic mass is 35.5. The Balaban J connectivity index is 1.65. The van der Waals surface area contributed by atoms with Gasteiger partial charge in [0, 0.05) is 35.1 Å². The minimum Gasteiger partial charge on any atom is -0.383 e. The lowest BCUT2D eigenvalue weighted by molar-refractivity contribution is 0.443. The molecule has 39 heavy (non-hydrogen) atoms. The molecule has 0 amide bonds. The van der Waals surface area contributed by atoms with Gasteiger partial charge in [-0.05, 0) is 43.4 Å². The van der Waals surface area contributed by atoms with Gasteiger partial charge >= 0.3 is 0 Å². The normalized spacial score (nSPS) is 14.1. The Labute approximate surface area is 230 Å². The predicted molar refractivity (Wildman–Crippen MR) is 147 cm³/mol. The van der Waals surface area contributed by atoms with Gasteiger partial charge in [0.2, 0.25) is 5.95 Å². The van der Waals surface area contributed by atoms with Gasteiger partial charge < -0.3 is 10.6 Å². The van der Waals surface area contributed by atoms with Crippen molar-refractivity contribution >= 4 is 33.9 Å². The number of hydrogen-bond acceptors (Lipinski definition) is 8. The molecular weight excluding hydrogens is 517 g/mol. The summed E-state index contributed by atoms with van der Waals surface area (Å²) < 4.78 is 15.6. The maximum atomic E-state index is 13.9. The highest BCUT2D eigenvalue weighted by Crippen LogP contribution is 2.39. The minimum atomic E-state index is -0.674. The molecule has 9 nitrogen and oxygen atoms in total. The molecule has 1 fully saturated rings. The van der Waals surface area contributed by atoms with Crippen LogP contribution in [0.1, 0.15) is 73.9 Å². The van der Waals surface area contributed by atoms with E-state index in [0.717, 1.165) is 12.8 Å². The number of fused-ring (bicyclic) bond motifs is 1. The Bertz CT molecular complexity index is 1660. The average molecular weight is 544 g/mol. The Kier molecular flexibility index (Phi) is 6.83. The molecule has 1 unspecified atom stereocenters. The smallest absolute Gasteiger partial charge is 0.213 e. The monoisotopic (exact) mass is 543 g/mol. The van der Waals surface area contributed by atoms with Gasteiger partial charge in [-0.15, -0.1) is 5.10 Å². The molecule has 11 heteroatoms. The first kappa shape index (κ1) is 26.3. The van der Waals surface area contributed by atoms with Gasteiger partial charge in [-0.3, -0.25) is 4.98 Å². The van der Waals surface area contributed by atoms with E-state index in [0.29, 0.717) is 62.1 Å². The SMILES string of the molecule is Cc1nc(F)ccc1C(Nc1cc(Cl)c2ncc(C#N)c(NCC(C)(C)C)c2c1)c1nnn(C2CC2)c1C#N. The van der Waals surface area contributed by atoms with Crippen molar-refractivity contribution in [3.8, 4) is 12.1 Å². The molecular formula is C28H27ClFN9. The zero-order valence-corrected chi connectivity index (χ0v) is 22.8. The number of aromatic nitrogens is 5. The van der Waals surface area contributed by atoms with Crippen molar-refractivity contribution in [1.29, 1.82) is 10.5 Å². The summed E-state index contributed by atoms with van der Waals surface area (Å²) in [5.41, 5.74) is 3.98. The lowest BCUT2D eigenvalue weighted by Gasteiger charge is -2.23. The van der Waals surface area contributed by atoms with Crippen LogP contribution in [0.15, 0.2) is 30.5 Å². The standard InChI is InChI=1S/C28H27ClFN9/c1-15-19(7-8-23(30)35-15)26(27-22(12-32)39(38-37-27)18-5-6-18)36-17-9-20-24(34-14-28(2,3)4)16(11-31)13-33-25(20)21(29)10-17/h7-10,13,18,26,36H,5-6,14H2,1-4H3,(H,33,34). The molecule has 3 aromatic heterocycles. The first-order chi connectivity index (χ1) is 18.6. The van der Waals surface area contributed by atoms with E-state index >= 15 is 0 Å². The molecule has 2 N–H and O–H groups in total. The zero-order valence-electron chi connectivity index (χ0n) is 22.0. The fraction of sp³-hybridized carbons (Fsp3) is 0.357. The van der Waals surface area contributed by atoms with Gasteiger partial charge in [0.1, 0.15) is 23.9 Å². The Morgan fingerprint density at radius 1 is 1.21 bits per heavy atom. The second kappa shape index (κ2) is 10.1. The van der Waals surface area contributed by atoms with E-state index in [4.69, 9.17) is 11.6 Å². The van der Waals surface area contributed by atoms with Gasteiger partial charge in [0.25, 0.3) is 0 Å². The van der Waals surface area contributed by atoms with Crippen LogP contribution >= 0.6 is 11.6 Å². The Morgan fingerprint density at radius 3 is 2.62 bits per heavy atom. The van der Waals surface area contributed by atoms with Gasteiger partial charge in [0.05, 0.1) is 27.8 Å². The van der Waals surface area contributed by atoms with E-state index in [9.17, 15) is 14.9 Å². The highest BCUT2D eigenvalue weighted by Gasteiger charge is 2.32. The van der Waals surface area contributed by atoms with Crippen molar-refractivity contribution in [3.05, 3.63) is 69.6 Å². The van der Waals surface area contributed by atoms with Crippen LogP contribution in [0.25, 0.3) is 10.9 Å². The van der Waals surface area contributed by atoms with Crippen LogP contribution in [0.5, 0.6) is 0 Å². The van der Waals surface area contributed by atoms with Crippen LogP contribution in [-0.2, 0) is 0 Å². The average Bonchev–Trinajstić information content (AvgIpc) is 3.64. The quantitative estimate of drug-likeness (QED) is 0.269. The third-order valence-corrected chi connectivity index (χ3v) is 6.84.